The second-order valence-corrected chi connectivity index (χ2v) is 2.64. The maximum atomic E-state index is 10.8. The summed E-state index contributed by atoms with van der Waals surface area (Å²) in [6, 6.07) is 1.61. The molecule has 0 aliphatic carbocycles. The first-order valence-corrected chi connectivity index (χ1v) is 3.86. The van der Waals surface area contributed by atoms with Gasteiger partial charge in [-0.3, -0.25) is 4.98 Å². The predicted octanol–water partition coefficient (Wildman–Crippen LogP) is 1.43. The monoisotopic (exact) mass is 190 g/mol. The van der Waals surface area contributed by atoms with Gasteiger partial charge < -0.3 is 9.63 Å². The number of hydrogen-bond donors (Lipinski definition) is 1. The van der Waals surface area contributed by atoms with Crippen molar-refractivity contribution in [3.63, 3.8) is 0 Å². The van der Waals surface area contributed by atoms with Crippen LogP contribution >= 0.6 is 0 Å². The molecule has 0 aromatic carbocycles. The zero-order valence-electron chi connectivity index (χ0n) is 7.04. The number of hydrogen-bond acceptors (Lipinski definition) is 4. The summed E-state index contributed by atoms with van der Waals surface area (Å²) in [7, 11) is 0. The highest BCUT2D eigenvalue weighted by Crippen LogP contribution is 2.21. The molecule has 0 aliphatic rings. The maximum Gasteiger partial charge on any atom is 0.337 e. The van der Waals surface area contributed by atoms with Crippen molar-refractivity contribution in [2.75, 3.05) is 0 Å². The molecular formula is C9H6N2O3. The fourth-order valence-corrected chi connectivity index (χ4v) is 1.15. The first-order chi connectivity index (χ1) is 6.79. The second kappa shape index (κ2) is 3.29. The van der Waals surface area contributed by atoms with Crippen molar-refractivity contribution in [3.8, 4) is 11.1 Å². The normalized spacial score (nSPS) is 10.0. The van der Waals surface area contributed by atoms with Crippen LogP contribution in [0.2, 0.25) is 0 Å². The van der Waals surface area contributed by atoms with E-state index in [4.69, 9.17) is 5.11 Å². The minimum Gasteiger partial charge on any atom is -0.478 e. The van der Waals surface area contributed by atoms with E-state index in [1.54, 1.807) is 6.07 Å². The Hall–Kier alpha value is -2.17. The molecule has 0 saturated heterocycles. The number of nitrogens with zero attached hydrogens (tertiary/aromatic N) is 2. The minimum absolute atomic E-state index is 0.135. The van der Waals surface area contributed by atoms with Crippen LogP contribution in [0.3, 0.4) is 0 Å². The summed E-state index contributed by atoms with van der Waals surface area (Å²) in [5.74, 6) is -1.02. The van der Waals surface area contributed by atoms with Gasteiger partial charge in [0.15, 0.2) is 0 Å². The van der Waals surface area contributed by atoms with Gasteiger partial charge in [0.25, 0.3) is 0 Å². The Morgan fingerprint density at radius 1 is 1.43 bits per heavy atom. The number of pyridine rings is 1. The average molecular weight is 190 g/mol. The second-order valence-electron chi connectivity index (χ2n) is 2.64. The zero-order valence-corrected chi connectivity index (χ0v) is 7.04. The van der Waals surface area contributed by atoms with Crippen molar-refractivity contribution in [1.82, 2.24) is 10.1 Å². The van der Waals surface area contributed by atoms with E-state index in [1.807, 2.05) is 0 Å². The van der Waals surface area contributed by atoms with Crippen molar-refractivity contribution >= 4 is 5.97 Å². The van der Waals surface area contributed by atoms with Gasteiger partial charge in [0, 0.05) is 23.5 Å². The molecule has 0 unspecified atom stereocenters. The third kappa shape index (κ3) is 1.35. The number of aromatic carboxylic acids is 1. The molecule has 0 atom stereocenters. The number of aromatic nitrogens is 2. The molecule has 2 rings (SSSR count). The molecule has 0 amide bonds. The molecule has 2 aromatic rings. The van der Waals surface area contributed by atoms with Crippen LogP contribution in [0.15, 0.2) is 35.4 Å². The van der Waals surface area contributed by atoms with Gasteiger partial charge in [-0.2, -0.15) is 0 Å². The van der Waals surface area contributed by atoms with Crippen molar-refractivity contribution in [1.29, 1.82) is 0 Å². The first-order valence-electron chi connectivity index (χ1n) is 3.86. The first kappa shape index (κ1) is 8.43. The van der Waals surface area contributed by atoms with Crippen molar-refractivity contribution in [2.24, 2.45) is 0 Å². The van der Waals surface area contributed by atoms with E-state index in [1.165, 1.54) is 24.9 Å². The lowest BCUT2D eigenvalue weighted by Gasteiger charge is -2.00. The topological polar surface area (TPSA) is 76.2 Å². The largest absolute Gasteiger partial charge is 0.478 e. The predicted molar refractivity (Wildman–Crippen MR) is 46.7 cm³/mol. The Bertz CT molecular complexity index is 451. The van der Waals surface area contributed by atoms with Crippen LogP contribution in [0.4, 0.5) is 0 Å². The number of carboxylic acid groups (broad SMARTS) is 1. The van der Waals surface area contributed by atoms with Gasteiger partial charge in [-0.15, -0.1) is 0 Å². The fourth-order valence-electron chi connectivity index (χ4n) is 1.15. The van der Waals surface area contributed by atoms with Crippen molar-refractivity contribution in [3.05, 3.63) is 36.5 Å². The van der Waals surface area contributed by atoms with E-state index in [2.05, 4.69) is 14.7 Å². The van der Waals surface area contributed by atoms with Crippen LogP contribution in [-0.2, 0) is 0 Å². The van der Waals surface area contributed by atoms with Crippen LogP contribution in [0.25, 0.3) is 11.1 Å². The molecule has 2 heterocycles. The molecule has 70 valence electrons. The minimum atomic E-state index is -1.02. The molecule has 0 bridgehead atoms. The molecule has 5 heteroatoms. The van der Waals surface area contributed by atoms with Gasteiger partial charge in [-0.25, -0.2) is 4.79 Å². The summed E-state index contributed by atoms with van der Waals surface area (Å²) in [5, 5.41) is 12.4. The van der Waals surface area contributed by atoms with Crippen LogP contribution in [0.5, 0.6) is 0 Å². The summed E-state index contributed by atoms with van der Waals surface area (Å²) < 4.78 is 4.64. The average Bonchev–Trinajstić information content (AvgIpc) is 2.70. The van der Waals surface area contributed by atoms with Crippen LogP contribution in [0.1, 0.15) is 10.4 Å². The lowest BCUT2D eigenvalue weighted by molar-refractivity contribution is 0.0697. The maximum absolute atomic E-state index is 10.8. The molecule has 1 N–H and O–H groups in total. The zero-order chi connectivity index (χ0) is 9.97. The molecule has 0 saturated carbocycles. The lowest BCUT2D eigenvalue weighted by atomic mass is 10.1. The molecule has 0 aliphatic heterocycles. The lowest BCUT2D eigenvalue weighted by Crippen LogP contribution is -1.99. The standard InChI is InChI=1S/C9H6N2O3/c12-9(13)8-4-10-2-1-7(8)6-3-11-14-5-6/h1-5H,(H,12,13). The fraction of sp³-hybridized carbons (Fsp3) is 0. The van der Waals surface area contributed by atoms with Gasteiger partial charge in [0.1, 0.15) is 6.26 Å². The molecular weight excluding hydrogens is 184 g/mol. The van der Waals surface area contributed by atoms with Gasteiger partial charge >= 0.3 is 5.97 Å². The summed E-state index contributed by atoms with van der Waals surface area (Å²) in [4.78, 5) is 14.6. The van der Waals surface area contributed by atoms with Crippen molar-refractivity contribution in [2.45, 2.75) is 0 Å². The smallest absolute Gasteiger partial charge is 0.337 e. The summed E-state index contributed by atoms with van der Waals surface area (Å²) >= 11 is 0. The molecule has 14 heavy (non-hydrogen) atoms. The van der Waals surface area contributed by atoms with E-state index in [0.717, 1.165) is 0 Å². The summed E-state index contributed by atoms with van der Waals surface area (Å²) in [6.07, 6.45) is 5.67. The van der Waals surface area contributed by atoms with Gasteiger partial charge in [-0.05, 0) is 6.07 Å². The summed E-state index contributed by atoms with van der Waals surface area (Å²) in [5.41, 5.74) is 1.31. The Balaban J connectivity index is 2.58. The number of carbonyl (C=O) groups is 1. The molecule has 0 fully saturated rings. The SMILES string of the molecule is O=C(O)c1cnccc1-c1cnoc1. The Labute approximate surface area is 79.0 Å². The van der Waals surface area contributed by atoms with Crippen LogP contribution in [-0.4, -0.2) is 21.2 Å². The van der Waals surface area contributed by atoms with Crippen LogP contribution in [0, 0.1) is 0 Å². The van der Waals surface area contributed by atoms with Gasteiger partial charge in [-0.1, -0.05) is 5.16 Å². The van der Waals surface area contributed by atoms with E-state index in [9.17, 15) is 4.79 Å². The third-order valence-electron chi connectivity index (χ3n) is 1.79. The Morgan fingerprint density at radius 2 is 2.29 bits per heavy atom. The summed E-state index contributed by atoms with van der Waals surface area (Å²) in [6.45, 7) is 0. The molecule has 0 spiro atoms. The van der Waals surface area contributed by atoms with Gasteiger partial charge in [0.2, 0.25) is 0 Å². The highest BCUT2D eigenvalue weighted by Gasteiger charge is 2.12. The molecule has 2 aromatic heterocycles. The molecule has 0 radical (unpaired) electrons. The third-order valence-corrected chi connectivity index (χ3v) is 1.79. The Kier molecular flexibility index (Phi) is 1.98. The van der Waals surface area contributed by atoms with E-state index in [-0.39, 0.29) is 5.56 Å². The van der Waals surface area contributed by atoms with Crippen molar-refractivity contribution < 1.29 is 14.4 Å². The van der Waals surface area contributed by atoms with E-state index >= 15 is 0 Å². The van der Waals surface area contributed by atoms with Gasteiger partial charge in [0.05, 0.1) is 11.8 Å². The quantitative estimate of drug-likeness (QED) is 0.775. The highest BCUT2D eigenvalue weighted by molar-refractivity contribution is 5.95. The Morgan fingerprint density at radius 3 is 2.93 bits per heavy atom. The van der Waals surface area contributed by atoms with Crippen LogP contribution < -0.4 is 0 Å². The van der Waals surface area contributed by atoms with E-state index < -0.39 is 5.97 Å². The molecule has 5 nitrogen and oxygen atoms in total. The number of rotatable bonds is 2. The highest BCUT2D eigenvalue weighted by atomic mass is 16.5. The number of carboxylic acids is 1. The van der Waals surface area contributed by atoms with E-state index in [0.29, 0.717) is 11.1 Å².